The van der Waals surface area contributed by atoms with Gasteiger partial charge in [-0.15, -0.1) is 0 Å². The Morgan fingerprint density at radius 1 is 1.23 bits per heavy atom. The third kappa shape index (κ3) is 2.77. The van der Waals surface area contributed by atoms with E-state index in [0.717, 1.165) is 25.7 Å². The molecule has 3 rings (SSSR count). The fourth-order valence-corrected chi connectivity index (χ4v) is 3.30. The molecule has 0 radical (unpaired) electrons. The molecule has 1 aromatic rings. The Bertz CT molecular complexity index is 560. The Morgan fingerprint density at radius 3 is 2.45 bits per heavy atom. The maximum atomic E-state index is 12.7. The Kier molecular flexibility index (Phi) is 4.00. The number of rotatable bonds is 4. The number of carbonyl (C=O) groups is 1. The molecule has 0 spiro atoms. The second-order valence-corrected chi connectivity index (χ2v) is 6.24. The number of piperidine rings is 1. The number of carbonyl (C=O) groups excluding carboxylic acids is 1. The third-order valence-corrected chi connectivity index (χ3v) is 4.94. The number of methoxy groups -OCH3 is 2. The fraction of sp³-hybridized carbons (Fsp3) is 0.588. The molecule has 1 heterocycles. The highest BCUT2D eigenvalue weighted by molar-refractivity contribution is 5.97. The van der Waals surface area contributed by atoms with Gasteiger partial charge in [0, 0.05) is 19.2 Å². The molecule has 1 aliphatic heterocycles. The molecule has 1 N–H and O–H groups in total. The molecular formula is C17H23NO4. The summed E-state index contributed by atoms with van der Waals surface area (Å²) < 4.78 is 10.5. The molecule has 0 unspecified atom stereocenters. The van der Waals surface area contributed by atoms with Crippen molar-refractivity contribution in [1.82, 2.24) is 4.90 Å². The van der Waals surface area contributed by atoms with E-state index >= 15 is 0 Å². The van der Waals surface area contributed by atoms with Crippen molar-refractivity contribution >= 4 is 5.91 Å². The number of aliphatic hydroxyl groups is 1. The summed E-state index contributed by atoms with van der Waals surface area (Å²) in [5, 5.41) is 10.2. The van der Waals surface area contributed by atoms with Gasteiger partial charge in [-0.3, -0.25) is 4.79 Å². The number of hydrogen-bond donors (Lipinski definition) is 1. The molecule has 1 saturated heterocycles. The summed E-state index contributed by atoms with van der Waals surface area (Å²) in [6.07, 6.45) is 3.58. The molecule has 1 aliphatic carbocycles. The summed E-state index contributed by atoms with van der Waals surface area (Å²) >= 11 is 0. The first-order chi connectivity index (χ1) is 10.6. The van der Waals surface area contributed by atoms with Gasteiger partial charge in [-0.25, -0.2) is 0 Å². The summed E-state index contributed by atoms with van der Waals surface area (Å²) in [6, 6.07) is 5.25. The number of hydrogen-bond acceptors (Lipinski definition) is 4. The lowest BCUT2D eigenvalue weighted by Gasteiger charge is -2.34. The summed E-state index contributed by atoms with van der Waals surface area (Å²) in [6.45, 7) is 1.39. The SMILES string of the molecule is COc1ccc(C(=O)N2CCC(C3(O)CC3)CC2)c(OC)c1. The van der Waals surface area contributed by atoms with E-state index in [-0.39, 0.29) is 5.91 Å². The highest BCUT2D eigenvalue weighted by atomic mass is 16.5. The van der Waals surface area contributed by atoms with Gasteiger partial charge in [0.2, 0.25) is 0 Å². The van der Waals surface area contributed by atoms with Crippen molar-refractivity contribution in [3.05, 3.63) is 23.8 Å². The molecule has 120 valence electrons. The molecule has 5 nitrogen and oxygen atoms in total. The van der Waals surface area contributed by atoms with Crippen molar-refractivity contribution in [1.29, 1.82) is 0 Å². The molecule has 0 bridgehead atoms. The lowest BCUT2D eigenvalue weighted by molar-refractivity contribution is 0.0339. The van der Waals surface area contributed by atoms with Gasteiger partial charge in [-0.2, -0.15) is 0 Å². The number of benzene rings is 1. The highest BCUT2D eigenvalue weighted by Gasteiger charge is 2.48. The van der Waals surface area contributed by atoms with Gasteiger partial charge < -0.3 is 19.5 Å². The number of amides is 1. The van der Waals surface area contributed by atoms with Crippen molar-refractivity contribution in [2.24, 2.45) is 5.92 Å². The molecule has 1 saturated carbocycles. The normalized spacial score (nSPS) is 20.6. The van der Waals surface area contributed by atoms with Crippen LogP contribution in [0.5, 0.6) is 11.5 Å². The molecule has 22 heavy (non-hydrogen) atoms. The van der Waals surface area contributed by atoms with Crippen LogP contribution in [-0.4, -0.2) is 48.8 Å². The topological polar surface area (TPSA) is 59.0 Å². The third-order valence-electron chi connectivity index (χ3n) is 4.94. The fourth-order valence-electron chi connectivity index (χ4n) is 3.30. The van der Waals surface area contributed by atoms with E-state index in [1.807, 2.05) is 4.90 Å². The van der Waals surface area contributed by atoms with Crippen LogP contribution in [0.4, 0.5) is 0 Å². The predicted molar refractivity (Wildman–Crippen MR) is 82.4 cm³/mol. The van der Waals surface area contributed by atoms with Crippen LogP contribution in [0.2, 0.25) is 0 Å². The lowest BCUT2D eigenvalue weighted by atomic mass is 9.89. The van der Waals surface area contributed by atoms with Gasteiger partial charge in [0.15, 0.2) is 0 Å². The van der Waals surface area contributed by atoms with E-state index in [4.69, 9.17) is 9.47 Å². The zero-order valence-corrected chi connectivity index (χ0v) is 13.2. The first-order valence-corrected chi connectivity index (χ1v) is 7.81. The minimum Gasteiger partial charge on any atom is -0.497 e. The minimum atomic E-state index is -0.438. The quantitative estimate of drug-likeness (QED) is 0.925. The van der Waals surface area contributed by atoms with E-state index in [0.29, 0.717) is 36.1 Å². The van der Waals surface area contributed by atoms with Gasteiger partial charge in [-0.1, -0.05) is 0 Å². The van der Waals surface area contributed by atoms with E-state index in [9.17, 15) is 9.90 Å². The Hall–Kier alpha value is -1.75. The van der Waals surface area contributed by atoms with Gasteiger partial charge in [0.25, 0.3) is 5.91 Å². The maximum absolute atomic E-state index is 12.7. The first-order valence-electron chi connectivity index (χ1n) is 7.81. The average molecular weight is 305 g/mol. The molecular weight excluding hydrogens is 282 g/mol. The zero-order valence-electron chi connectivity index (χ0n) is 13.2. The summed E-state index contributed by atoms with van der Waals surface area (Å²) in [5.41, 5.74) is 0.124. The van der Waals surface area contributed by atoms with E-state index in [2.05, 4.69) is 0 Å². The molecule has 1 amide bonds. The zero-order chi connectivity index (χ0) is 15.7. The highest BCUT2D eigenvalue weighted by Crippen LogP contribution is 2.46. The average Bonchev–Trinajstić information content (AvgIpc) is 3.32. The van der Waals surface area contributed by atoms with Gasteiger partial charge in [-0.05, 0) is 43.7 Å². The van der Waals surface area contributed by atoms with Crippen molar-refractivity contribution in [3.63, 3.8) is 0 Å². The van der Waals surface area contributed by atoms with Crippen LogP contribution in [0, 0.1) is 5.92 Å². The van der Waals surface area contributed by atoms with Gasteiger partial charge >= 0.3 is 0 Å². The molecule has 1 aromatic carbocycles. The van der Waals surface area contributed by atoms with Gasteiger partial charge in [0.05, 0.1) is 25.4 Å². The first kappa shape index (κ1) is 15.2. The second kappa shape index (κ2) is 5.80. The van der Waals surface area contributed by atoms with Crippen LogP contribution in [0.25, 0.3) is 0 Å². The summed E-state index contributed by atoms with van der Waals surface area (Å²) in [4.78, 5) is 14.5. The van der Waals surface area contributed by atoms with Crippen molar-refractivity contribution < 1.29 is 19.4 Å². The number of likely N-dealkylation sites (tertiary alicyclic amines) is 1. The van der Waals surface area contributed by atoms with Crippen LogP contribution >= 0.6 is 0 Å². The minimum absolute atomic E-state index is 0.0132. The van der Waals surface area contributed by atoms with Gasteiger partial charge in [0.1, 0.15) is 11.5 Å². The molecule has 5 heteroatoms. The van der Waals surface area contributed by atoms with E-state index in [1.54, 1.807) is 32.4 Å². The van der Waals surface area contributed by atoms with Crippen molar-refractivity contribution in [2.75, 3.05) is 27.3 Å². The number of nitrogens with zero attached hydrogens (tertiary/aromatic N) is 1. The second-order valence-electron chi connectivity index (χ2n) is 6.24. The monoisotopic (exact) mass is 305 g/mol. The largest absolute Gasteiger partial charge is 0.497 e. The van der Waals surface area contributed by atoms with Crippen LogP contribution < -0.4 is 9.47 Å². The smallest absolute Gasteiger partial charge is 0.257 e. The van der Waals surface area contributed by atoms with Crippen LogP contribution in [0.1, 0.15) is 36.0 Å². The molecule has 0 atom stereocenters. The van der Waals surface area contributed by atoms with Crippen LogP contribution in [0.15, 0.2) is 18.2 Å². The lowest BCUT2D eigenvalue weighted by Crippen LogP contribution is -2.42. The van der Waals surface area contributed by atoms with Crippen molar-refractivity contribution in [2.45, 2.75) is 31.3 Å². The van der Waals surface area contributed by atoms with Crippen LogP contribution in [-0.2, 0) is 0 Å². The molecule has 0 aromatic heterocycles. The summed E-state index contributed by atoms with van der Waals surface area (Å²) in [7, 11) is 3.14. The standard InChI is InChI=1S/C17H23NO4/c1-21-13-3-4-14(15(11-13)22-2)16(19)18-9-5-12(6-10-18)17(20)7-8-17/h3-4,11-12,20H,5-10H2,1-2H3. The van der Waals surface area contributed by atoms with Crippen LogP contribution in [0.3, 0.4) is 0 Å². The predicted octanol–water partition coefficient (Wildman–Crippen LogP) is 2.08. The van der Waals surface area contributed by atoms with E-state index < -0.39 is 5.60 Å². The Morgan fingerprint density at radius 2 is 1.91 bits per heavy atom. The number of ether oxygens (including phenoxy) is 2. The Labute approximate surface area is 130 Å². The summed E-state index contributed by atoms with van der Waals surface area (Å²) in [5.74, 6) is 1.53. The van der Waals surface area contributed by atoms with Crippen molar-refractivity contribution in [3.8, 4) is 11.5 Å². The molecule has 2 aliphatic rings. The Balaban J connectivity index is 1.69. The van der Waals surface area contributed by atoms with E-state index in [1.165, 1.54) is 0 Å². The molecule has 2 fully saturated rings. The maximum Gasteiger partial charge on any atom is 0.257 e.